The largest absolute Gasteiger partial charge is 0.438 e. The summed E-state index contributed by atoms with van der Waals surface area (Å²) in [5.41, 5.74) is 11.5. The molecule has 2 fully saturated rings. The second kappa shape index (κ2) is 10.5. The molecule has 0 aromatic heterocycles. The predicted molar refractivity (Wildman–Crippen MR) is 101 cm³/mol. The fraction of sp³-hybridized carbons (Fsp3) is 0.889. The van der Waals surface area contributed by atoms with Crippen molar-refractivity contribution in [2.45, 2.75) is 77.0 Å². The summed E-state index contributed by atoms with van der Waals surface area (Å²) in [5.74, 6) is -2.18. The standard InChI is InChI=1S/C18H34N4O6/c1-11(2)25-15-5-13(7-19)21(9-15)27-17(23)18(24)28-22-10-16(26-12(3)4)6-14(22)8-20/h11-16H,5-10,19-20H2,1-4H3. The minimum atomic E-state index is -1.09. The summed E-state index contributed by atoms with van der Waals surface area (Å²) < 4.78 is 11.5. The molecule has 10 heteroatoms. The maximum Gasteiger partial charge on any atom is 0.438 e. The SMILES string of the molecule is CC(C)OC1CC(CN)N(OC(=O)C(=O)ON2CC(OC(C)C)CC2CN)C1. The van der Waals surface area contributed by atoms with Crippen LogP contribution in [-0.4, -0.2) is 84.7 Å². The lowest BCUT2D eigenvalue weighted by Crippen LogP contribution is -2.42. The zero-order valence-corrected chi connectivity index (χ0v) is 17.2. The molecule has 0 spiro atoms. The van der Waals surface area contributed by atoms with Gasteiger partial charge >= 0.3 is 11.9 Å². The number of rotatable bonds is 8. The third-order valence-corrected chi connectivity index (χ3v) is 4.69. The van der Waals surface area contributed by atoms with Gasteiger partial charge < -0.3 is 30.6 Å². The fourth-order valence-electron chi connectivity index (χ4n) is 3.60. The van der Waals surface area contributed by atoms with Crippen LogP contribution in [0.4, 0.5) is 0 Å². The smallest absolute Gasteiger partial charge is 0.374 e. The quantitative estimate of drug-likeness (QED) is 0.515. The molecule has 0 aromatic rings. The van der Waals surface area contributed by atoms with Crippen molar-refractivity contribution < 1.29 is 28.7 Å². The molecular weight excluding hydrogens is 368 g/mol. The Hall–Kier alpha value is -1.30. The zero-order chi connectivity index (χ0) is 20.8. The number of nitrogens with two attached hydrogens (primary N) is 2. The second-order valence-electron chi connectivity index (χ2n) is 7.82. The van der Waals surface area contributed by atoms with E-state index in [-0.39, 0.29) is 49.6 Å². The van der Waals surface area contributed by atoms with Crippen molar-refractivity contribution in [3.63, 3.8) is 0 Å². The van der Waals surface area contributed by atoms with Gasteiger partial charge in [-0.1, -0.05) is 0 Å². The zero-order valence-electron chi connectivity index (χ0n) is 17.2. The van der Waals surface area contributed by atoms with E-state index in [1.807, 2.05) is 27.7 Å². The molecule has 2 heterocycles. The molecule has 0 aliphatic carbocycles. The van der Waals surface area contributed by atoms with Crippen LogP contribution in [0.3, 0.4) is 0 Å². The highest BCUT2D eigenvalue weighted by molar-refractivity contribution is 6.29. The number of hydroxylamine groups is 4. The lowest BCUT2D eigenvalue weighted by Gasteiger charge is -2.23. The normalized spacial score (nSPS) is 29.0. The summed E-state index contributed by atoms with van der Waals surface area (Å²) in [7, 11) is 0. The van der Waals surface area contributed by atoms with Crippen LogP contribution in [-0.2, 0) is 28.7 Å². The number of hydrogen-bond acceptors (Lipinski definition) is 10. The molecule has 10 nitrogen and oxygen atoms in total. The number of nitrogens with zero attached hydrogens (tertiary/aromatic N) is 2. The van der Waals surface area contributed by atoms with Crippen LogP contribution < -0.4 is 11.5 Å². The summed E-state index contributed by atoms with van der Waals surface area (Å²) in [5, 5.41) is 2.82. The van der Waals surface area contributed by atoms with Crippen molar-refractivity contribution in [3.8, 4) is 0 Å². The molecule has 4 unspecified atom stereocenters. The summed E-state index contributed by atoms with van der Waals surface area (Å²) >= 11 is 0. The first-order valence-electron chi connectivity index (χ1n) is 9.92. The van der Waals surface area contributed by atoms with Crippen molar-refractivity contribution in [2.75, 3.05) is 26.2 Å². The van der Waals surface area contributed by atoms with Crippen LogP contribution in [0.15, 0.2) is 0 Å². The minimum Gasteiger partial charge on any atom is -0.374 e. The summed E-state index contributed by atoms with van der Waals surface area (Å²) in [4.78, 5) is 34.9. The number of carbonyl (C=O) groups is 2. The molecule has 2 aliphatic rings. The predicted octanol–water partition coefficient (Wildman–Crippen LogP) is -0.444. The van der Waals surface area contributed by atoms with E-state index in [0.717, 1.165) is 0 Å². The third kappa shape index (κ3) is 6.36. The maximum absolute atomic E-state index is 12.2. The topological polar surface area (TPSA) is 130 Å². The van der Waals surface area contributed by atoms with E-state index in [2.05, 4.69) is 0 Å². The van der Waals surface area contributed by atoms with Crippen molar-refractivity contribution in [1.29, 1.82) is 0 Å². The van der Waals surface area contributed by atoms with Gasteiger partial charge in [-0.05, 0) is 40.5 Å². The number of ether oxygens (including phenoxy) is 2. The Morgan fingerprint density at radius 1 is 0.821 bits per heavy atom. The molecule has 162 valence electrons. The average Bonchev–Trinajstić information content (AvgIpc) is 3.16. The van der Waals surface area contributed by atoms with E-state index in [1.165, 1.54) is 10.1 Å². The van der Waals surface area contributed by atoms with E-state index in [1.54, 1.807) is 0 Å². The van der Waals surface area contributed by atoms with Crippen LogP contribution in [0.5, 0.6) is 0 Å². The Morgan fingerprint density at radius 2 is 1.18 bits per heavy atom. The van der Waals surface area contributed by atoms with E-state index in [0.29, 0.717) is 25.9 Å². The molecule has 4 N–H and O–H groups in total. The van der Waals surface area contributed by atoms with Gasteiger partial charge in [-0.25, -0.2) is 9.59 Å². The van der Waals surface area contributed by atoms with Gasteiger partial charge in [-0.15, -0.1) is 10.1 Å². The first kappa shape index (κ1) is 23.0. The third-order valence-electron chi connectivity index (χ3n) is 4.69. The highest BCUT2D eigenvalue weighted by atomic mass is 16.8. The molecule has 0 bridgehead atoms. The lowest BCUT2D eigenvalue weighted by atomic mass is 10.2. The summed E-state index contributed by atoms with van der Waals surface area (Å²) in [6.45, 7) is 9.03. The fourth-order valence-corrected chi connectivity index (χ4v) is 3.60. The van der Waals surface area contributed by atoms with Gasteiger partial charge in [0.15, 0.2) is 0 Å². The molecule has 0 saturated carbocycles. The van der Waals surface area contributed by atoms with Crippen molar-refractivity contribution in [3.05, 3.63) is 0 Å². The highest BCUT2D eigenvalue weighted by Crippen LogP contribution is 2.23. The van der Waals surface area contributed by atoms with Gasteiger partial charge in [0.2, 0.25) is 0 Å². The molecule has 4 atom stereocenters. The van der Waals surface area contributed by atoms with Gasteiger partial charge in [-0.2, -0.15) is 0 Å². The molecule has 0 amide bonds. The molecule has 2 saturated heterocycles. The molecule has 2 aliphatic heterocycles. The van der Waals surface area contributed by atoms with Crippen LogP contribution in [0.1, 0.15) is 40.5 Å². The Balaban J connectivity index is 1.87. The van der Waals surface area contributed by atoms with Crippen molar-refractivity contribution >= 4 is 11.9 Å². The van der Waals surface area contributed by atoms with Crippen LogP contribution >= 0.6 is 0 Å². The average molecular weight is 402 g/mol. The Kier molecular flexibility index (Phi) is 8.59. The number of carbonyl (C=O) groups excluding carboxylic acids is 2. The molecule has 0 radical (unpaired) electrons. The van der Waals surface area contributed by atoms with Gasteiger partial charge in [-0.3, -0.25) is 0 Å². The van der Waals surface area contributed by atoms with E-state index in [9.17, 15) is 9.59 Å². The monoisotopic (exact) mass is 402 g/mol. The van der Waals surface area contributed by atoms with Crippen molar-refractivity contribution in [2.24, 2.45) is 11.5 Å². The lowest BCUT2D eigenvalue weighted by molar-refractivity contribution is -0.223. The van der Waals surface area contributed by atoms with Gasteiger partial charge in [0.05, 0.1) is 49.6 Å². The van der Waals surface area contributed by atoms with E-state index in [4.69, 9.17) is 30.6 Å². The molecule has 0 aromatic carbocycles. The Morgan fingerprint density at radius 3 is 1.46 bits per heavy atom. The summed E-state index contributed by atoms with van der Waals surface area (Å²) in [6.07, 6.45) is 1.15. The van der Waals surface area contributed by atoms with Gasteiger partial charge in [0, 0.05) is 13.1 Å². The first-order chi connectivity index (χ1) is 13.2. The van der Waals surface area contributed by atoms with Crippen LogP contribution in [0, 0.1) is 0 Å². The minimum absolute atomic E-state index is 0.0495. The van der Waals surface area contributed by atoms with E-state index < -0.39 is 11.9 Å². The van der Waals surface area contributed by atoms with Gasteiger partial charge in [0.1, 0.15) is 0 Å². The molecule has 2 rings (SSSR count). The van der Waals surface area contributed by atoms with Crippen LogP contribution in [0.25, 0.3) is 0 Å². The maximum atomic E-state index is 12.2. The summed E-state index contributed by atoms with van der Waals surface area (Å²) in [6, 6.07) is -0.402. The van der Waals surface area contributed by atoms with Crippen molar-refractivity contribution in [1.82, 2.24) is 10.1 Å². The van der Waals surface area contributed by atoms with Gasteiger partial charge in [0.25, 0.3) is 0 Å². The molecular formula is C18H34N4O6. The van der Waals surface area contributed by atoms with Crippen LogP contribution in [0.2, 0.25) is 0 Å². The Bertz CT molecular complexity index is 486. The Labute approximate surface area is 166 Å². The van der Waals surface area contributed by atoms with E-state index >= 15 is 0 Å². The second-order valence-corrected chi connectivity index (χ2v) is 7.82. The molecule has 28 heavy (non-hydrogen) atoms. The highest BCUT2D eigenvalue weighted by Gasteiger charge is 2.39. The number of hydrogen-bond donors (Lipinski definition) is 2. The first-order valence-corrected chi connectivity index (χ1v) is 9.92.